The van der Waals surface area contributed by atoms with Crippen molar-refractivity contribution in [3.8, 4) is 0 Å². The second-order valence-corrected chi connectivity index (χ2v) is 4.87. The van der Waals surface area contributed by atoms with Gasteiger partial charge in [-0.05, 0) is 18.5 Å². The molecule has 0 fully saturated rings. The Kier molecular flexibility index (Phi) is 7.25. The second-order valence-electron chi connectivity index (χ2n) is 4.40. The van der Waals surface area contributed by atoms with Crippen molar-refractivity contribution in [2.24, 2.45) is 5.73 Å². The molecule has 134 valence electrons. The third-order valence-corrected chi connectivity index (χ3v) is 2.99. The number of alkyl halides is 6. The van der Waals surface area contributed by atoms with E-state index in [4.69, 9.17) is 17.3 Å². The van der Waals surface area contributed by atoms with E-state index in [9.17, 15) is 26.7 Å². The van der Waals surface area contributed by atoms with Gasteiger partial charge < -0.3 is 10.6 Å². The summed E-state index contributed by atoms with van der Waals surface area (Å²) in [6.07, 6.45) is -5.08. The summed E-state index contributed by atoms with van der Waals surface area (Å²) in [6, 6.07) is 0. The molecule has 0 saturated heterocycles. The normalized spacial score (nSPS) is 12.0. The smallest absolute Gasteiger partial charge is 0.340 e. The van der Waals surface area contributed by atoms with Crippen molar-refractivity contribution in [2.45, 2.75) is 25.0 Å². The molecule has 0 unspecified atom stereocenters. The van der Waals surface area contributed by atoms with E-state index in [1.807, 2.05) is 0 Å². The fraction of sp³-hybridized carbons (Fsp3) is 0.636. The molecule has 1 aromatic heterocycles. The molecule has 2 N–H and O–H groups in total. The minimum atomic E-state index is -5.08. The molecule has 0 saturated carbocycles. The van der Waals surface area contributed by atoms with Gasteiger partial charge in [-0.2, -0.15) is 27.1 Å². The Morgan fingerprint density at radius 2 is 1.87 bits per heavy atom. The minimum Gasteiger partial charge on any atom is -0.340 e. The Morgan fingerprint density at radius 1 is 1.35 bits per heavy atom. The molecule has 23 heavy (non-hydrogen) atoms. The van der Waals surface area contributed by atoms with Gasteiger partial charge in [-0.1, -0.05) is 0 Å². The van der Waals surface area contributed by atoms with Gasteiger partial charge in [0.2, 0.25) is 0 Å². The van der Waals surface area contributed by atoms with Crippen molar-refractivity contribution in [2.75, 3.05) is 20.1 Å². The third-order valence-electron chi connectivity index (χ3n) is 2.81. The summed E-state index contributed by atoms with van der Waals surface area (Å²) in [5.41, 5.74) is 0.979. The van der Waals surface area contributed by atoms with E-state index in [0.717, 1.165) is 11.9 Å². The van der Waals surface area contributed by atoms with Gasteiger partial charge in [0.25, 0.3) is 5.91 Å². The average molecular weight is 385 g/mol. The molecule has 12 heteroatoms. The first kappa shape index (κ1) is 21.9. The topological polar surface area (TPSA) is 64.2 Å². The van der Waals surface area contributed by atoms with Crippen molar-refractivity contribution in [1.82, 2.24) is 14.7 Å². The van der Waals surface area contributed by atoms with Crippen LogP contribution in [0.25, 0.3) is 0 Å². The monoisotopic (exact) mass is 384 g/mol. The molecule has 0 aliphatic rings. The lowest BCUT2D eigenvalue weighted by Crippen LogP contribution is -2.34. The van der Waals surface area contributed by atoms with E-state index < -0.39 is 34.4 Å². The van der Waals surface area contributed by atoms with Crippen molar-refractivity contribution >= 4 is 29.9 Å². The summed E-state index contributed by atoms with van der Waals surface area (Å²) in [5, 5.41) is -1.10. The van der Waals surface area contributed by atoms with Crippen molar-refractivity contribution in [3.05, 3.63) is 17.0 Å². The molecular formula is C11H15Cl2F5N4O. The van der Waals surface area contributed by atoms with Gasteiger partial charge in [-0.3, -0.25) is 9.48 Å². The lowest BCUT2D eigenvalue weighted by Gasteiger charge is -2.19. The predicted molar refractivity (Wildman–Crippen MR) is 75.9 cm³/mol. The number of hydrogen-bond acceptors (Lipinski definition) is 3. The van der Waals surface area contributed by atoms with E-state index in [2.05, 4.69) is 5.10 Å². The van der Waals surface area contributed by atoms with Crippen LogP contribution >= 0.6 is 24.0 Å². The highest BCUT2D eigenvalue weighted by molar-refractivity contribution is 6.22. The van der Waals surface area contributed by atoms with Gasteiger partial charge in [0, 0.05) is 26.7 Å². The van der Waals surface area contributed by atoms with Crippen molar-refractivity contribution in [3.63, 3.8) is 0 Å². The molecule has 5 nitrogen and oxygen atoms in total. The highest BCUT2D eigenvalue weighted by Crippen LogP contribution is 2.41. The zero-order valence-corrected chi connectivity index (χ0v) is 13.7. The van der Waals surface area contributed by atoms with Crippen LogP contribution in [0.1, 0.15) is 28.7 Å². The standard InChI is InChI=1S/C11H14ClF5N4O.ClH/c1-3-21-8(10(12,13)14)6(7(19-21)11(15,16)17)9(22)20(2)5-4-18;/h3-5,18H2,1-2H3;1H. The van der Waals surface area contributed by atoms with Crippen LogP contribution in [-0.2, 0) is 18.1 Å². The van der Waals surface area contributed by atoms with Gasteiger partial charge in [0.05, 0.1) is 0 Å². The van der Waals surface area contributed by atoms with E-state index in [0.29, 0.717) is 4.68 Å². The summed E-state index contributed by atoms with van der Waals surface area (Å²) >= 11 is 4.88. The molecule has 1 heterocycles. The molecule has 0 aliphatic carbocycles. The number of nitrogens with zero attached hydrogens (tertiary/aromatic N) is 3. The number of hydrogen-bond donors (Lipinski definition) is 1. The van der Waals surface area contributed by atoms with E-state index >= 15 is 0 Å². The van der Waals surface area contributed by atoms with E-state index in [-0.39, 0.29) is 32.0 Å². The first-order valence-electron chi connectivity index (χ1n) is 6.15. The first-order valence-corrected chi connectivity index (χ1v) is 6.53. The molecule has 1 aromatic rings. The first-order chi connectivity index (χ1) is 9.95. The third kappa shape index (κ3) is 4.67. The number of nitrogens with two attached hydrogens (primary N) is 1. The molecule has 1 rings (SSSR count). The van der Waals surface area contributed by atoms with Crippen LogP contribution in [0.2, 0.25) is 0 Å². The van der Waals surface area contributed by atoms with Crippen LogP contribution in [0.3, 0.4) is 0 Å². The van der Waals surface area contributed by atoms with Crippen LogP contribution in [0.5, 0.6) is 0 Å². The van der Waals surface area contributed by atoms with Gasteiger partial charge in [0.15, 0.2) is 5.69 Å². The summed E-state index contributed by atoms with van der Waals surface area (Å²) in [6.45, 7) is 0.838. The Bertz CT molecular complexity index is 556. The van der Waals surface area contributed by atoms with Gasteiger partial charge in [0.1, 0.15) is 11.3 Å². The maximum Gasteiger partial charge on any atom is 0.435 e. The van der Waals surface area contributed by atoms with Crippen molar-refractivity contribution in [1.29, 1.82) is 0 Å². The highest BCUT2D eigenvalue weighted by Gasteiger charge is 2.47. The number of amides is 1. The molecular weight excluding hydrogens is 370 g/mol. The Labute approximate surface area is 140 Å². The molecule has 0 atom stereocenters. The number of carbonyl (C=O) groups is 1. The van der Waals surface area contributed by atoms with Crippen LogP contribution in [-0.4, -0.2) is 40.7 Å². The van der Waals surface area contributed by atoms with Gasteiger partial charge in [-0.15, -0.1) is 12.4 Å². The Hall–Kier alpha value is -1.13. The lowest BCUT2D eigenvalue weighted by molar-refractivity contribution is -0.141. The van der Waals surface area contributed by atoms with Gasteiger partial charge >= 0.3 is 11.6 Å². The average Bonchev–Trinajstić information content (AvgIpc) is 2.77. The molecule has 0 spiro atoms. The fourth-order valence-electron chi connectivity index (χ4n) is 1.87. The molecule has 0 radical (unpaired) electrons. The second kappa shape index (κ2) is 7.63. The van der Waals surface area contributed by atoms with E-state index in [1.54, 1.807) is 0 Å². The molecule has 1 amide bonds. The SMILES string of the molecule is CCn1nc(C(F)(F)F)c(C(=O)N(C)CCN)c1C(F)(F)Cl.Cl. The van der Waals surface area contributed by atoms with Crippen LogP contribution in [0.15, 0.2) is 0 Å². The summed E-state index contributed by atoms with van der Waals surface area (Å²) in [4.78, 5) is 12.9. The Morgan fingerprint density at radius 3 is 2.22 bits per heavy atom. The predicted octanol–water partition coefficient (Wildman–Crippen LogP) is 2.66. The number of halogens is 7. The van der Waals surface area contributed by atoms with E-state index in [1.165, 1.54) is 6.92 Å². The quantitative estimate of drug-likeness (QED) is 0.626. The van der Waals surface area contributed by atoms with Crippen molar-refractivity contribution < 1.29 is 26.7 Å². The van der Waals surface area contributed by atoms with Crippen LogP contribution in [0, 0.1) is 0 Å². The number of rotatable bonds is 5. The van der Waals surface area contributed by atoms with Crippen LogP contribution in [0.4, 0.5) is 22.0 Å². The maximum absolute atomic E-state index is 13.5. The maximum atomic E-state index is 13.5. The molecule has 0 bridgehead atoms. The summed E-state index contributed by atoms with van der Waals surface area (Å²) < 4.78 is 66.5. The number of aryl methyl sites for hydroxylation is 1. The zero-order chi connectivity index (χ0) is 17.3. The molecule has 0 aromatic carbocycles. The summed E-state index contributed by atoms with van der Waals surface area (Å²) in [7, 11) is 1.15. The fourth-order valence-corrected chi connectivity index (χ4v) is 2.06. The largest absolute Gasteiger partial charge is 0.435 e. The number of aromatic nitrogens is 2. The zero-order valence-electron chi connectivity index (χ0n) is 12.1. The lowest BCUT2D eigenvalue weighted by atomic mass is 10.1. The highest BCUT2D eigenvalue weighted by atomic mass is 35.5. The minimum absolute atomic E-state index is 0. The molecule has 0 aliphatic heterocycles. The van der Waals surface area contributed by atoms with Gasteiger partial charge in [-0.25, -0.2) is 0 Å². The summed E-state index contributed by atoms with van der Waals surface area (Å²) in [5.74, 6) is -1.27. The Balaban J connectivity index is 0.00000484. The van der Waals surface area contributed by atoms with Crippen LogP contribution < -0.4 is 5.73 Å². The number of likely N-dealkylation sites (N-methyl/N-ethyl adjacent to an activating group) is 1. The number of carbonyl (C=O) groups excluding carboxylic acids is 1.